The molecule has 152 valence electrons. The molecule has 1 aliphatic heterocycles. The van der Waals surface area contributed by atoms with Crippen molar-refractivity contribution in [3.63, 3.8) is 0 Å². The van der Waals surface area contributed by atoms with Crippen LogP contribution in [0.4, 0.5) is 4.79 Å². The maximum absolute atomic E-state index is 12.9. The van der Waals surface area contributed by atoms with Crippen molar-refractivity contribution in [2.75, 3.05) is 13.2 Å². The Labute approximate surface area is 174 Å². The number of carbonyl (C=O) groups is 1. The van der Waals surface area contributed by atoms with E-state index in [-0.39, 0.29) is 17.2 Å². The average molecular weight is 422 g/mol. The van der Waals surface area contributed by atoms with Crippen molar-refractivity contribution in [2.24, 2.45) is 0 Å². The fourth-order valence-electron chi connectivity index (χ4n) is 3.75. The summed E-state index contributed by atoms with van der Waals surface area (Å²) in [5.74, 6) is 0.299. The lowest BCUT2D eigenvalue weighted by atomic mass is 10.1. The summed E-state index contributed by atoms with van der Waals surface area (Å²) in [7, 11) is 0. The molecule has 0 saturated heterocycles. The number of para-hydroxylation sites is 1. The van der Waals surface area contributed by atoms with Gasteiger partial charge in [-0.1, -0.05) is 18.2 Å². The van der Waals surface area contributed by atoms with Gasteiger partial charge in [0.15, 0.2) is 0 Å². The Morgan fingerprint density at radius 2 is 2.23 bits per heavy atom. The molecule has 0 unspecified atom stereocenters. The number of nitrogens with one attached hydrogen (secondary N) is 2. The van der Waals surface area contributed by atoms with Crippen molar-refractivity contribution < 1.29 is 13.9 Å². The Kier molecular flexibility index (Phi) is 4.39. The van der Waals surface area contributed by atoms with E-state index in [4.69, 9.17) is 14.6 Å². The molecule has 8 nitrogen and oxygen atoms in total. The lowest BCUT2D eigenvalue weighted by molar-refractivity contribution is 0.103. The van der Waals surface area contributed by atoms with E-state index in [2.05, 4.69) is 9.97 Å². The molecule has 0 radical (unpaired) electrons. The van der Waals surface area contributed by atoms with Crippen LogP contribution in [0.15, 0.2) is 39.5 Å². The Bertz CT molecular complexity index is 1420. The smallest absolute Gasteiger partial charge is 0.410 e. The van der Waals surface area contributed by atoms with Gasteiger partial charge in [0.2, 0.25) is 5.55 Å². The molecule has 4 heterocycles. The highest BCUT2D eigenvalue weighted by atomic mass is 32.1. The maximum Gasteiger partial charge on any atom is 0.410 e. The zero-order valence-electron chi connectivity index (χ0n) is 16.2. The number of nitrogens with zero attached hydrogens (tertiary/aromatic N) is 2. The van der Waals surface area contributed by atoms with Crippen LogP contribution in [0.2, 0.25) is 0 Å². The van der Waals surface area contributed by atoms with Crippen LogP contribution < -0.4 is 11.1 Å². The molecular formula is C21H18N4O4S. The Morgan fingerprint density at radius 3 is 3.07 bits per heavy atom. The van der Waals surface area contributed by atoms with E-state index in [0.29, 0.717) is 53.3 Å². The second-order valence-electron chi connectivity index (χ2n) is 7.00. The van der Waals surface area contributed by atoms with E-state index >= 15 is 0 Å². The van der Waals surface area contributed by atoms with Gasteiger partial charge < -0.3 is 19.0 Å². The largest absolute Gasteiger partial charge is 0.450 e. The third-order valence-corrected chi connectivity index (χ3v) is 6.28. The summed E-state index contributed by atoms with van der Waals surface area (Å²) >= 11 is 1.40. The van der Waals surface area contributed by atoms with Crippen molar-refractivity contribution >= 4 is 38.6 Å². The second-order valence-corrected chi connectivity index (χ2v) is 8.08. The molecule has 5 rings (SSSR count). The molecule has 0 atom stereocenters. The van der Waals surface area contributed by atoms with Crippen LogP contribution in [0, 0.1) is 5.41 Å². The van der Waals surface area contributed by atoms with Crippen LogP contribution in [-0.4, -0.2) is 34.1 Å². The van der Waals surface area contributed by atoms with Crippen LogP contribution in [0.1, 0.15) is 17.4 Å². The molecule has 0 bridgehead atoms. The highest BCUT2D eigenvalue weighted by Crippen LogP contribution is 2.33. The van der Waals surface area contributed by atoms with Crippen molar-refractivity contribution in [3.05, 3.63) is 56.7 Å². The number of amides is 1. The number of aromatic amines is 1. The third-order valence-electron chi connectivity index (χ3n) is 5.17. The number of benzene rings is 1. The maximum atomic E-state index is 12.9. The molecule has 0 saturated carbocycles. The van der Waals surface area contributed by atoms with Crippen molar-refractivity contribution in [2.45, 2.75) is 19.9 Å². The summed E-state index contributed by atoms with van der Waals surface area (Å²) in [5.41, 5.74) is 1.65. The predicted octanol–water partition coefficient (Wildman–Crippen LogP) is 3.39. The number of hydrogen-bond acceptors (Lipinski definition) is 7. The molecule has 30 heavy (non-hydrogen) atoms. The highest BCUT2D eigenvalue weighted by Gasteiger charge is 2.27. The van der Waals surface area contributed by atoms with Gasteiger partial charge in [0.05, 0.1) is 24.1 Å². The lowest BCUT2D eigenvalue weighted by Gasteiger charge is -2.25. The zero-order chi connectivity index (χ0) is 20.8. The van der Waals surface area contributed by atoms with Gasteiger partial charge in [0.25, 0.3) is 5.56 Å². The number of thiophene rings is 1. The Morgan fingerprint density at radius 1 is 1.40 bits per heavy atom. The van der Waals surface area contributed by atoms with E-state index in [1.165, 1.54) is 11.3 Å². The molecule has 1 amide bonds. The molecule has 1 aliphatic rings. The van der Waals surface area contributed by atoms with E-state index in [9.17, 15) is 9.59 Å². The summed E-state index contributed by atoms with van der Waals surface area (Å²) in [6, 6.07) is 9.19. The number of aromatic nitrogens is 2. The van der Waals surface area contributed by atoms with E-state index in [1.807, 2.05) is 18.2 Å². The van der Waals surface area contributed by atoms with Gasteiger partial charge in [0, 0.05) is 16.8 Å². The van der Waals surface area contributed by atoms with E-state index < -0.39 is 0 Å². The second kappa shape index (κ2) is 7.10. The van der Waals surface area contributed by atoms with E-state index in [0.717, 1.165) is 15.8 Å². The standard InChI is InChI=1S/C21H18N4O4S/c1-2-28-21(27)25-8-7-12-15(10-25)30-20-16(12)19(26)23-18(24-20)13-9-11-5-3-4-6-14(11)29-17(13)22/h3-6,9,22H,2,7-8,10H2,1H3,(H,23,24,26). The van der Waals surface area contributed by atoms with Gasteiger partial charge in [-0.3, -0.25) is 10.2 Å². The Hall–Kier alpha value is -3.46. The van der Waals surface area contributed by atoms with Crippen LogP contribution in [0.5, 0.6) is 0 Å². The molecule has 0 fully saturated rings. The number of hydrogen-bond donors (Lipinski definition) is 2. The third kappa shape index (κ3) is 2.98. The number of rotatable bonds is 2. The molecule has 2 N–H and O–H groups in total. The van der Waals surface area contributed by atoms with Gasteiger partial charge >= 0.3 is 6.09 Å². The topological polar surface area (TPSA) is 112 Å². The van der Waals surface area contributed by atoms with Gasteiger partial charge in [0.1, 0.15) is 16.2 Å². The van der Waals surface area contributed by atoms with Crippen molar-refractivity contribution in [1.82, 2.24) is 14.9 Å². The minimum Gasteiger partial charge on any atom is -0.450 e. The zero-order valence-corrected chi connectivity index (χ0v) is 17.0. The van der Waals surface area contributed by atoms with Crippen LogP contribution in [-0.2, 0) is 17.7 Å². The minimum atomic E-state index is -0.347. The average Bonchev–Trinajstić information content (AvgIpc) is 3.11. The number of fused-ring (bicyclic) bond motifs is 4. The molecule has 3 aromatic heterocycles. The summed E-state index contributed by atoms with van der Waals surface area (Å²) in [6.07, 6.45) is 0.229. The fourth-order valence-corrected chi connectivity index (χ4v) is 4.99. The van der Waals surface area contributed by atoms with Crippen molar-refractivity contribution in [1.29, 1.82) is 5.41 Å². The molecule has 1 aromatic carbocycles. The summed E-state index contributed by atoms with van der Waals surface area (Å²) in [4.78, 5) is 35.6. The first-order valence-electron chi connectivity index (χ1n) is 9.59. The van der Waals surface area contributed by atoms with Crippen LogP contribution >= 0.6 is 11.3 Å². The summed E-state index contributed by atoms with van der Waals surface area (Å²) < 4.78 is 10.7. The monoisotopic (exact) mass is 422 g/mol. The molecule has 0 spiro atoms. The first-order valence-corrected chi connectivity index (χ1v) is 10.4. The number of carbonyl (C=O) groups excluding carboxylic acids is 1. The molecule has 4 aromatic rings. The predicted molar refractivity (Wildman–Crippen MR) is 112 cm³/mol. The molecule has 0 aliphatic carbocycles. The molecular weight excluding hydrogens is 404 g/mol. The quantitative estimate of drug-likeness (QED) is 0.514. The van der Waals surface area contributed by atoms with E-state index in [1.54, 1.807) is 24.0 Å². The normalized spacial score (nSPS) is 13.6. The van der Waals surface area contributed by atoms with Gasteiger partial charge in [-0.15, -0.1) is 11.3 Å². The first kappa shape index (κ1) is 18.6. The lowest BCUT2D eigenvalue weighted by Crippen LogP contribution is -2.35. The van der Waals surface area contributed by atoms with Crippen LogP contribution in [0.25, 0.3) is 32.6 Å². The van der Waals surface area contributed by atoms with Gasteiger partial charge in [-0.2, -0.15) is 0 Å². The Balaban J connectivity index is 1.61. The number of H-pyrrole nitrogens is 1. The van der Waals surface area contributed by atoms with Crippen LogP contribution in [0.3, 0.4) is 0 Å². The first-order chi connectivity index (χ1) is 14.5. The molecule has 9 heteroatoms. The summed E-state index contributed by atoms with van der Waals surface area (Å²) in [5, 5.41) is 9.61. The SMILES string of the molecule is CCOC(=O)N1CCc2c(sc3nc(-c4cc5ccccc5oc4=N)[nH]c(=O)c23)C1. The minimum absolute atomic E-state index is 0.0639. The van der Waals surface area contributed by atoms with Gasteiger partial charge in [-0.05, 0) is 31.0 Å². The summed E-state index contributed by atoms with van der Waals surface area (Å²) in [6.45, 7) is 3.00. The van der Waals surface area contributed by atoms with Gasteiger partial charge in [-0.25, -0.2) is 9.78 Å². The number of ether oxygens (including phenoxy) is 1. The highest BCUT2D eigenvalue weighted by molar-refractivity contribution is 7.18. The fraction of sp³-hybridized carbons (Fsp3) is 0.238. The van der Waals surface area contributed by atoms with Crippen molar-refractivity contribution in [3.8, 4) is 11.4 Å².